The minimum Gasteiger partial charge on any atom is -0.306 e. The first-order valence-corrected chi connectivity index (χ1v) is 9.65. The van der Waals surface area contributed by atoms with E-state index in [0.717, 1.165) is 17.0 Å². The molecule has 0 spiro atoms. The molecular weight excluding hydrogens is 304 g/mol. The molecule has 1 heterocycles. The molecule has 1 saturated carbocycles. The van der Waals surface area contributed by atoms with Gasteiger partial charge in [0.15, 0.2) is 0 Å². The minimum atomic E-state index is 0.659. The molecule has 2 aliphatic rings. The van der Waals surface area contributed by atoms with Crippen LogP contribution in [-0.2, 0) is 0 Å². The zero-order valence-corrected chi connectivity index (χ0v) is 15.4. The van der Waals surface area contributed by atoms with E-state index >= 15 is 0 Å². The Morgan fingerprint density at radius 3 is 2.43 bits per heavy atom. The summed E-state index contributed by atoms with van der Waals surface area (Å²) in [5, 5.41) is 0.886. The van der Waals surface area contributed by atoms with Gasteiger partial charge in [0.05, 0.1) is 0 Å². The van der Waals surface area contributed by atoms with Crippen molar-refractivity contribution < 1.29 is 0 Å². The first-order chi connectivity index (χ1) is 11.1. The van der Waals surface area contributed by atoms with Gasteiger partial charge in [0.1, 0.15) is 0 Å². The minimum absolute atomic E-state index is 0.659. The highest BCUT2D eigenvalue weighted by Gasteiger charge is 2.30. The Labute approximate surface area is 146 Å². The molecule has 3 rings (SSSR count). The highest BCUT2D eigenvalue weighted by Crippen LogP contribution is 2.38. The van der Waals surface area contributed by atoms with Crippen molar-refractivity contribution in [2.45, 2.75) is 50.5 Å². The average Bonchev–Trinajstić information content (AvgIpc) is 3.07. The molecule has 1 aromatic carbocycles. The lowest BCUT2D eigenvalue weighted by atomic mass is 9.84. The van der Waals surface area contributed by atoms with E-state index in [4.69, 9.17) is 11.6 Å². The predicted octanol–water partition coefficient (Wildman–Crippen LogP) is 4.64. The highest BCUT2D eigenvalue weighted by atomic mass is 35.5. The van der Waals surface area contributed by atoms with Crippen molar-refractivity contribution in [1.82, 2.24) is 9.80 Å². The molecule has 128 valence electrons. The second-order valence-corrected chi connectivity index (χ2v) is 8.14. The fourth-order valence-electron chi connectivity index (χ4n) is 4.52. The highest BCUT2D eigenvalue weighted by molar-refractivity contribution is 6.30. The van der Waals surface area contributed by atoms with E-state index in [9.17, 15) is 0 Å². The number of rotatable bonds is 5. The summed E-state index contributed by atoms with van der Waals surface area (Å²) in [6, 6.07) is 9.39. The molecular formula is C20H31ClN2. The summed E-state index contributed by atoms with van der Waals surface area (Å²) in [6.45, 7) is 3.70. The molecule has 1 aliphatic carbocycles. The van der Waals surface area contributed by atoms with Gasteiger partial charge < -0.3 is 9.80 Å². The molecule has 1 aromatic rings. The predicted molar refractivity (Wildman–Crippen MR) is 99.3 cm³/mol. The number of benzene rings is 1. The van der Waals surface area contributed by atoms with E-state index in [1.807, 2.05) is 6.07 Å². The topological polar surface area (TPSA) is 6.48 Å². The number of hydrogen-bond acceptors (Lipinski definition) is 2. The summed E-state index contributed by atoms with van der Waals surface area (Å²) < 4.78 is 0. The fraction of sp³-hybridized carbons (Fsp3) is 0.700. The normalized spacial score (nSPS) is 22.8. The molecule has 1 unspecified atom stereocenters. The maximum absolute atomic E-state index is 6.27. The van der Waals surface area contributed by atoms with E-state index in [-0.39, 0.29) is 0 Å². The number of piperidine rings is 1. The van der Waals surface area contributed by atoms with Gasteiger partial charge in [-0.3, -0.25) is 0 Å². The van der Waals surface area contributed by atoms with Crippen molar-refractivity contribution >= 4 is 11.6 Å². The average molecular weight is 335 g/mol. The first-order valence-electron chi connectivity index (χ1n) is 9.27. The molecule has 0 N–H and O–H groups in total. The molecule has 0 bridgehead atoms. The Hall–Kier alpha value is -0.570. The molecule has 1 aliphatic heterocycles. The van der Waals surface area contributed by atoms with Gasteiger partial charge in [-0.15, -0.1) is 0 Å². The smallest absolute Gasteiger partial charge is 0.0408 e. The van der Waals surface area contributed by atoms with Crippen LogP contribution in [-0.4, -0.2) is 49.6 Å². The van der Waals surface area contributed by atoms with Crippen LogP contribution < -0.4 is 0 Å². The van der Waals surface area contributed by atoms with E-state index < -0.39 is 0 Å². The Bertz CT molecular complexity index is 488. The van der Waals surface area contributed by atoms with E-state index in [0.29, 0.717) is 5.92 Å². The number of nitrogens with zero attached hydrogens (tertiary/aromatic N) is 2. The van der Waals surface area contributed by atoms with E-state index in [1.54, 1.807) is 0 Å². The third-order valence-corrected chi connectivity index (χ3v) is 6.22. The van der Waals surface area contributed by atoms with Gasteiger partial charge in [-0.05, 0) is 82.4 Å². The lowest BCUT2D eigenvalue weighted by molar-refractivity contribution is 0.131. The van der Waals surface area contributed by atoms with Crippen LogP contribution in [0.3, 0.4) is 0 Å². The quantitative estimate of drug-likeness (QED) is 0.774. The molecule has 0 amide bonds. The largest absolute Gasteiger partial charge is 0.306 e. The van der Waals surface area contributed by atoms with Crippen LogP contribution >= 0.6 is 11.6 Å². The molecule has 3 heteroatoms. The van der Waals surface area contributed by atoms with Crippen LogP contribution in [0.15, 0.2) is 24.3 Å². The lowest BCUT2D eigenvalue weighted by Gasteiger charge is -2.38. The van der Waals surface area contributed by atoms with Crippen molar-refractivity contribution in [3.63, 3.8) is 0 Å². The molecule has 2 fully saturated rings. The van der Waals surface area contributed by atoms with Crippen molar-refractivity contribution in [3.8, 4) is 0 Å². The maximum atomic E-state index is 6.27. The zero-order valence-electron chi connectivity index (χ0n) is 14.7. The van der Waals surface area contributed by atoms with Gasteiger partial charge >= 0.3 is 0 Å². The Morgan fingerprint density at radius 1 is 1.13 bits per heavy atom. The van der Waals surface area contributed by atoms with Crippen LogP contribution in [0.4, 0.5) is 0 Å². The molecule has 0 aromatic heterocycles. The van der Waals surface area contributed by atoms with Crippen LogP contribution in [0.2, 0.25) is 5.02 Å². The van der Waals surface area contributed by atoms with Crippen molar-refractivity contribution in [3.05, 3.63) is 34.9 Å². The number of likely N-dealkylation sites (tertiary alicyclic amines) is 1. The van der Waals surface area contributed by atoms with Crippen molar-refractivity contribution in [2.75, 3.05) is 33.7 Å². The summed E-state index contributed by atoms with van der Waals surface area (Å²) in [5.41, 5.74) is 1.46. The summed E-state index contributed by atoms with van der Waals surface area (Å²) in [6.07, 6.45) is 8.21. The third-order valence-electron chi connectivity index (χ3n) is 5.99. The zero-order chi connectivity index (χ0) is 16.2. The standard InChI is InChI=1S/C20H31ClN2/c1-22(2)19-10-12-23(13-11-19)15-20(16-6-3-4-7-16)17-8-5-9-18(21)14-17/h5,8-9,14,16,19-20H,3-4,6-7,10-13,15H2,1-2H3. The van der Waals surface area contributed by atoms with E-state index in [1.165, 1.54) is 63.7 Å². The van der Waals surface area contributed by atoms with E-state index in [2.05, 4.69) is 42.1 Å². The summed E-state index contributed by atoms with van der Waals surface area (Å²) >= 11 is 6.27. The number of hydrogen-bond donors (Lipinski definition) is 0. The molecule has 1 saturated heterocycles. The SMILES string of the molecule is CN(C)C1CCN(CC(c2cccc(Cl)c2)C2CCCC2)CC1. The van der Waals surface area contributed by atoms with Crippen LogP contribution in [0.25, 0.3) is 0 Å². The Kier molecular flexibility index (Phi) is 6.01. The van der Waals surface area contributed by atoms with Gasteiger partial charge in [0.2, 0.25) is 0 Å². The van der Waals surface area contributed by atoms with Gasteiger partial charge in [0, 0.05) is 17.6 Å². The molecule has 23 heavy (non-hydrogen) atoms. The van der Waals surface area contributed by atoms with Gasteiger partial charge in [0.25, 0.3) is 0 Å². The van der Waals surface area contributed by atoms with Gasteiger partial charge in [-0.25, -0.2) is 0 Å². The molecule has 2 nitrogen and oxygen atoms in total. The van der Waals surface area contributed by atoms with Crippen LogP contribution in [0.1, 0.15) is 50.0 Å². The first kappa shape index (κ1) is 17.3. The summed E-state index contributed by atoms with van der Waals surface area (Å²) in [4.78, 5) is 5.09. The van der Waals surface area contributed by atoms with Gasteiger partial charge in [-0.1, -0.05) is 36.6 Å². The fourth-order valence-corrected chi connectivity index (χ4v) is 4.72. The second kappa shape index (κ2) is 8.00. The Morgan fingerprint density at radius 2 is 1.83 bits per heavy atom. The summed E-state index contributed by atoms with van der Waals surface area (Å²) in [5.74, 6) is 1.51. The Balaban J connectivity index is 1.67. The van der Waals surface area contributed by atoms with Crippen LogP contribution in [0, 0.1) is 5.92 Å². The monoisotopic (exact) mass is 334 g/mol. The molecule has 1 atom stereocenters. The van der Waals surface area contributed by atoms with Crippen molar-refractivity contribution in [2.24, 2.45) is 5.92 Å². The third kappa shape index (κ3) is 4.49. The van der Waals surface area contributed by atoms with Crippen molar-refractivity contribution in [1.29, 1.82) is 0 Å². The lowest BCUT2D eigenvalue weighted by Crippen LogP contribution is -2.43. The summed E-state index contributed by atoms with van der Waals surface area (Å²) in [7, 11) is 4.43. The second-order valence-electron chi connectivity index (χ2n) is 7.70. The van der Waals surface area contributed by atoms with Crippen LogP contribution in [0.5, 0.6) is 0 Å². The molecule has 0 radical (unpaired) electrons. The maximum Gasteiger partial charge on any atom is 0.0408 e. The number of halogens is 1. The van der Waals surface area contributed by atoms with Gasteiger partial charge in [-0.2, -0.15) is 0 Å².